The van der Waals surface area contributed by atoms with Gasteiger partial charge in [0.05, 0.1) is 0 Å². The lowest BCUT2D eigenvalue weighted by molar-refractivity contribution is -0.143. The van der Waals surface area contributed by atoms with E-state index in [-0.39, 0.29) is 5.41 Å². The zero-order chi connectivity index (χ0) is 12.8. The summed E-state index contributed by atoms with van der Waals surface area (Å²) in [6, 6.07) is 6.13. The minimum Gasteiger partial charge on any atom is -0.448 e. The van der Waals surface area contributed by atoms with Gasteiger partial charge in [-0.2, -0.15) is 0 Å². The van der Waals surface area contributed by atoms with Crippen molar-refractivity contribution in [3.63, 3.8) is 0 Å². The first-order chi connectivity index (χ1) is 7.74. The molecule has 0 fully saturated rings. The van der Waals surface area contributed by atoms with Gasteiger partial charge in [-0.05, 0) is 12.0 Å². The van der Waals surface area contributed by atoms with Crippen molar-refractivity contribution < 1.29 is 9.47 Å². The van der Waals surface area contributed by atoms with Crippen LogP contribution >= 0.6 is 0 Å². The summed E-state index contributed by atoms with van der Waals surface area (Å²) in [7, 11) is 0. The SMILES string of the molecule is CC(C)c1cccc2c1OC(C)(C(C)(C)C)O2. The summed E-state index contributed by atoms with van der Waals surface area (Å²) in [4.78, 5) is 0. The second-order valence-corrected chi connectivity index (χ2v) is 6.23. The summed E-state index contributed by atoms with van der Waals surface area (Å²) in [6.07, 6.45) is 0. The highest BCUT2D eigenvalue weighted by Crippen LogP contribution is 2.49. The lowest BCUT2D eigenvalue weighted by Crippen LogP contribution is -2.47. The van der Waals surface area contributed by atoms with Gasteiger partial charge in [0.1, 0.15) is 0 Å². The maximum Gasteiger partial charge on any atom is 0.253 e. The molecule has 1 aliphatic heterocycles. The molecule has 1 aromatic carbocycles. The number of para-hydroxylation sites is 1. The average molecular weight is 234 g/mol. The fourth-order valence-electron chi connectivity index (χ4n) is 1.91. The Labute approximate surface area is 104 Å². The van der Waals surface area contributed by atoms with Crippen LogP contribution in [-0.2, 0) is 0 Å². The van der Waals surface area contributed by atoms with Crippen LogP contribution in [0.3, 0.4) is 0 Å². The van der Waals surface area contributed by atoms with Gasteiger partial charge in [0, 0.05) is 17.9 Å². The van der Waals surface area contributed by atoms with E-state index in [1.807, 2.05) is 19.1 Å². The Morgan fingerprint density at radius 3 is 2.29 bits per heavy atom. The Kier molecular flexibility index (Phi) is 2.64. The molecule has 1 aliphatic rings. The molecule has 2 nitrogen and oxygen atoms in total. The van der Waals surface area contributed by atoms with E-state index >= 15 is 0 Å². The summed E-state index contributed by atoms with van der Waals surface area (Å²) in [5.41, 5.74) is 1.15. The van der Waals surface area contributed by atoms with Crippen LogP contribution in [-0.4, -0.2) is 5.79 Å². The van der Waals surface area contributed by atoms with E-state index in [9.17, 15) is 0 Å². The van der Waals surface area contributed by atoms with Gasteiger partial charge >= 0.3 is 0 Å². The molecule has 0 radical (unpaired) electrons. The molecule has 0 spiro atoms. The largest absolute Gasteiger partial charge is 0.448 e. The maximum atomic E-state index is 6.13. The van der Waals surface area contributed by atoms with E-state index in [1.54, 1.807) is 0 Å². The fraction of sp³-hybridized carbons (Fsp3) is 0.600. The second kappa shape index (κ2) is 3.66. The third kappa shape index (κ3) is 1.90. The first kappa shape index (κ1) is 12.3. The standard InChI is InChI=1S/C15H22O2/c1-10(2)11-8-7-9-12-13(11)17-15(6,16-12)14(3,4)5/h7-10H,1-6H3. The minimum absolute atomic E-state index is 0.0692. The second-order valence-electron chi connectivity index (χ2n) is 6.23. The van der Waals surface area contributed by atoms with Crippen LogP contribution in [0.5, 0.6) is 11.5 Å². The zero-order valence-electron chi connectivity index (χ0n) is 11.6. The van der Waals surface area contributed by atoms with Gasteiger partial charge in [-0.15, -0.1) is 0 Å². The predicted octanol–water partition coefficient (Wildman–Crippen LogP) is 4.34. The molecule has 0 saturated carbocycles. The van der Waals surface area contributed by atoms with Crippen LogP contribution in [0, 0.1) is 5.41 Å². The Morgan fingerprint density at radius 2 is 1.76 bits per heavy atom. The normalized spacial score (nSPS) is 23.2. The number of hydrogen-bond acceptors (Lipinski definition) is 2. The highest BCUT2D eigenvalue weighted by molar-refractivity contribution is 5.50. The van der Waals surface area contributed by atoms with E-state index in [1.165, 1.54) is 5.56 Å². The first-order valence-electron chi connectivity index (χ1n) is 6.25. The zero-order valence-corrected chi connectivity index (χ0v) is 11.6. The van der Waals surface area contributed by atoms with Crippen LogP contribution in [0.1, 0.15) is 53.0 Å². The molecule has 0 aromatic heterocycles. The van der Waals surface area contributed by atoms with Crippen LogP contribution in [0.4, 0.5) is 0 Å². The fourth-order valence-corrected chi connectivity index (χ4v) is 1.91. The quantitative estimate of drug-likeness (QED) is 0.719. The molecule has 0 saturated heterocycles. The van der Waals surface area contributed by atoms with Crippen molar-refractivity contribution in [2.24, 2.45) is 5.41 Å². The van der Waals surface area contributed by atoms with Crippen LogP contribution < -0.4 is 9.47 Å². The van der Waals surface area contributed by atoms with Gasteiger partial charge in [0.25, 0.3) is 5.79 Å². The Balaban J connectivity index is 2.44. The molecule has 0 aliphatic carbocycles. The smallest absolute Gasteiger partial charge is 0.253 e. The summed E-state index contributed by atoms with van der Waals surface area (Å²) in [5, 5.41) is 0. The Bertz CT molecular complexity index is 429. The predicted molar refractivity (Wildman–Crippen MR) is 69.6 cm³/mol. The van der Waals surface area contributed by atoms with E-state index in [4.69, 9.17) is 9.47 Å². The molecule has 0 bridgehead atoms. The topological polar surface area (TPSA) is 18.5 Å². The Hall–Kier alpha value is -1.18. The monoisotopic (exact) mass is 234 g/mol. The molecule has 2 rings (SSSR count). The number of benzene rings is 1. The van der Waals surface area contributed by atoms with Crippen LogP contribution in [0.2, 0.25) is 0 Å². The first-order valence-corrected chi connectivity index (χ1v) is 6.25. The molecule has 0 amide bonds. The molecule has 17 heavy (non-hydrogen) atoms. The molecule has 2 heteroatoms. The highest BCUT2D eigenvalue weighted by atomic mass is 16.7. The van der Waals surface area contributed by atoms with Gasteiger partial charge in [0.2, 0.25) is 0 Å². The van der Waals surface area contributed by atoms with E-state index in [0.29, 0.717) is 5.92 Å². The molecular weight excluding hydrogens is 212 g/mol. The molecule has 94 valence electrons. The van der Waals surface area contributed by atoms with Crippen LogP contribution in [0.15, 0.2) is 18.2 Å². The third-order valence-electron chi connectivity index (χ3n) is 3.60. The number of fused-ring (bicyclic) bond motifs is 1. The van der Waals surface area contributed by atoms with E-state index < -0.39 is 5.79 Å². The van der Waals surface area contributed by atoms with Gasteiger partial charge in [-0.1, -0.05) is 46.8 Å². The molecule has 1 atom stereocenters. The van der Waals surface area contributed by atoms with Gasteiger partial charge in [-0.25, -0.2) is 0 Å². The van der Waals surface area contributed by atoms with Crippen LogP contribution in [0.25, 0.3) is 0 Å². The van der Waals surface area contributed by atoms with Gasteiger partial charge in [-0.3, -0.25) is 0 Å². The maximum absolute atomic E-state index is 6.13. The van der Waals surface area contributed by atoms with Crippen molar-refractivity contribution >= 4 is 0 Å². The number of ether oxygens (including phenoxy) is 2. The van der Waals surface area contributed by atoms with Crippen molar-refractivity contribution in [3.05, 3.63) is 23.8 Å². The van der Waals surface area contributed by atoms with Gasteiger partial charge in [0.15, 0.2) is 11.5 Å². The molecule has 1 heterocycles. The van der Waals surface area contributed by atoms with Crippen molar-refractivity contribution in [1.29, 1.82) is 0 Å². The minimum atomic E-state index is -0.583. The molecule has 1 aromatic rings. The summed E-state index contributed by atoms with van der Waals surface area (Å²) in [5.74, 6) is 1.64. The van der Waals surface area contributed by atoms with Crippen molar-refractivity contribution in [2.75, 3.05) is 0 Å². The molecular formula is C15H22O2. The Morgan fingerprint density at radius 1 is 1.12 bits per heavy atom. The van der Waals surface area contributed by atoms with Crippen molar-refractivity contribution in [2.45, 2.75) is 53.2 Å². The number of rotatable bonds is 1. The average Bonchev–Trinajstić information content (AvgIpc) is 2.53. The summed E-state index contributed by atoms with van der Waals surface area (Å²) >= 11 is 0. The summed E-state index contributed by atoms with van der Waals surface area (Å²) in [6.45, 7) is 12.8. The molecule has 1 unspecified atom stereocenters. The van der Waals surface area contributed by atoms with E-state index in [0.717, 1.165) is 11.5 Å². The lowest BCUT2D eigenvalue weighted by Gasteiger charge is -2.36. The highest BCUT2D eigenvalue weighted by Gasteiger charge is 2.47. The number of hydrogen-bond donors (Lipinski definition) is 0. The van der Waals surface area contributed by atoms with E-state index in [2.05, 4.69) is 40.7 Å². The third-order valence-corrected chi connectivity index (χ3v) is 3.60. The van der Waals surface area contributed by atoms with Crippen molar-refractivity contribution in [1.82, 2.24) is 0 Å². The molecule has 0 N–H and O–H groups in total. The lowest BCUT2D eigenvalue weighted by atomic mass is 9.86. The van der Waals surface area contributed by atoms with Gasteiger partial charge < -0.3 is 9.47 Å². The summed E-state index contributed by atoms with van der Waals surface area (Å²) < 4.78 is 12.2. The van der Waals surface area contributed by atoms with Crippen molar-refractivity contribution in [3.8, 4) is 11.5 Å².